The van der Waals surface area contributed by atoms with E-state index in [2.05, 4.69) is 0 Å². The van der Waals surface area contributed by atoms with Gasteiger partial charge in [-0.15, -0.1) is 12.4 Å². The van der Waals surface area contributed by atoms with Gasteiger partial charge in [0.2, 0.25) is 0 Å². The van der Waals surface area contributed by atoms with Gasteiger partial charge in [0.05, 0.1) is 11.0 Å². The van der Waals surface area contributed by atoms with Crippen LogP contribution < -0.4 is 0 Å². The van der Waals surface area contributed by atoms with Crippen LogP contribution >= 0.6 is 35.8 Å². The Bertz CT molecular complexity index is 680. The molecule has 0 aliphatic heterocycles. The van der Waals surface area contributed by atoms with Crippen molar-refractivity contribution < 1.29 is 13.6 Å². The summed E-state index contributed by atoms with van der Waals surface area (Å²) < 4.78 is 26.6. The van der Waals surface area contributed by atoms with Gasteiger partial charge in [-0.1, -0.05) is 29.4 Å². The Hall–Kier alpha value is -1.43. The van der Waals surface area contributed by atoms with Gasteiger partial charge in [-0.3, -0.25) is 5.41 Å². The van der Waals surface area contributed by atoms with E-state index < -0.39 is 17.6 Å². The molecule has 0 aromatic heterocycles. The molecular formula is C15H11Cl2F2NOS. The van der Waals surface area contributed by atoms with E-state index in [9.17, 15) is 13.6 Å². The van der Waals surface area contributed by atoms with Crippen LogP contribution in [0.3, 0.4) is 0 Å². The summed E-state index contributed by atoms with van der Waals surface area (Å²) in [6.45, 7) is 0. The molecule has 0 saturated heterocycles. The first-order valence-corrected chi connectivity index (χ1v) is 7.13. The first-order valence-electron chi connectivity index (χ1n) is 5.93. The first kappa shape index (κ1) is 18.6. The smallest absolute Gasteiger partial charge is 0.134 e. The molecule has 0 amide bonds. The molecule has 2 aromatic carbocycles. The Labute approximate surface area is 141 Å². The number of hydrogen-bond acceptors (Lipinski definition) is 3. The Morgan fingerprint density at radius 3 is 2.36 bits per heavy atom. The normalized spacial score (nSPS) is 11.4. The lowest BCUT2D eigenvalue weighted by molar-refractivity contribution is -0.107. The van der Waals surface area contributed by atoms with E-state index >= 15 is 0 Å². The van der Waals surface area contributed by atoms with E-state index in [1.54, 1.807) is 24.3 Å². The van der Waals surface area contributed by atoms with Crippen molar-refractivity contribution in [3.8, 4) is 0 Å². The van der Waals surface area contributed by atoms with Crippen molar-refractivity contribution in [1.82, 2.24) is 0 Å². The summed E-state index contributed by atoms with van der Waals surface area (Å²) in [6, 6.07) is 9.66. The third-order valence-corrected chi connectivity index (χ3v) is 3.99. The Morgan fingerprint density at radius 1 is 1.18 bits per heavy atom. The molecule has 0 heterocycles. The van der Waals surface area contributed by atoms with Crippen LogP contribution in [0.15, 0.2) is 47.4 Å². The maximum atomic E-state index is 13.7. The van der Waals surface area contributed by atoms with E-state index in [0.29, 0.717) is 22.3 Å². The Kier molecular flexibility index (Phi) is 7.00. The van der Waals surface area contributed by atoms with E-state index in [1.807, 2.05) is 0 Å². The largest absolute Gasteiger partial charge is 0.302 e. The minimum absolute atomic E-state index is 0. The zero-order chi connectivity index (χ0) is 15.4. The highest BCUT2D eigenvalue weighted by Gasteiger charge is 2.21. The molecule has 0 spiro atoms. The third-order valence-electron chi connectivity index (χ3n) is 2.76. The molecule has 0 aliphatic carbocycles. The quantitative estimate of drug-likeness (QED) is 0.356. The van der Waals surface area contributed by atoms with Crippen LogP contribution in [0.2, 0.25) is 5.02 Å². The standard InChI is InChI=1S/C15H10ClF2NOS.ClH/c16-9-1-4-11(5-2-9)21-15(19)13(8-20)12-6-3-10(17)7-14(12)18;/h1-8,13,19H;1H. The SMILES string of the molecule is Cl.N=C(Sc1ccc(Cl)cc1)C(C=O)c1ccc(F)cc1F. The topological polar surface area (TPSA) is 40.9 Å². The van der Waals surface area contributed by atoms with Crippen molar-refractivity contribution in [2.24, 2.45) is 0 Å². The second-order valence-electron chi connectivity index (χ2n) is 4.20. The molecule has 2 rings (SSSR count). The maximum Gasteiger partial charge on any atom is 0.134 e. The molecule has 116 valence electrons. The van der Waals surface area contributed by atoms with Crippen LogP contribution in [0, 0.1) is 17.0 Å². The highest BCUT2D eigenvalue weighted by Crippen LogP contribution is 2.29. The fraction of sp³-hybridized carbons (Fsp3) is 0.0667. The van der Waals surface area contributed by atoms with Crippen LogP contribution in [0.5, 0.6) is 0 Å². The van der Waals surface area contributed by atoms with Crippen molar-refractivity contribution in [2.45, 2.75) is 10.8 Å². The average molecular weight is 362 g/mol. The van der Waals surface area contributed by atoms with Crippen LogP contribution in [0.4, 0.5) is 8.78 Å². The summed E-state index contributed by atoms with van der Waals surface area (Å²) in [5, 5.41) is 8.48. The lowest BCUT2D eigenvalue weighted by atomic mass is 10.0. The van der Waals surface area contributed by atoms with Crippen molar-refractivity contribution in [1.29, 1.82) is 5.41 Å². The van der Waals surface area contributed by atoms with Crippen LogP contribution in [-0.2, 0) is 4.79 Å². The Balaban J connectivity index is 0.00000242. The molecule has 0 saturated carbocycles. The van der Waals surface area contributed by atoms with Crippen molar-refractivity contribution in [3.05, 3.63) is 64.7 Å². The van der Waals surface area contributed by atoms with E-state index in [-0.39, 0.29) is 23.0 Å². The number of rotatable bonds is 4. The second kappa shape index (κ2) is 8.27. The van der Waals surface area contributed by atoms with Gasteiger partial charge < -0.3 is 4.79 Å². The lowest BCUT2D eigenvalue weighted by Crippen LogP contribution is -2.12. The molecule has 7 heteroatoms. The number of carbonyl (C=O) groups excluding carboxylic acids is 1. The monoisotopic (exact) mass is 361 g/mol. The minimum atomic E-state index is -1.06. The number of carbonyl (C=O) groups is 1. The molecule has 1 unspecified atom stereocenters. The van der Waals surface area contributed by atoms with E-state index in [0.717, 1.165) is 17.8 Å². The molecular weight excluding hydrogens is 351 g/mol. The van der Waals surface area contributed by atoms with Gasteiger partial charge in [-0.25, -0.2) is 8.78 Å². The first-order chi connectivity index (χ1) is 10.0. The Morgan fingerprint density at radius 2 is 1.82 bits per heavy atom. The molecule has 0 aliphatic rings. The lowest BCUT2D eigenvalue weighted by Gasteiger charge is -2.13. The van der Waals surface area contributed by atoms with E-state index in [1.165, 1.54) is 6.07 Å². The molecule has 2 aromatic rings. The molecule has 0 bridgehead atoms. The maximum absolute atomic E-state index is 13.7. The molecule has 1 atom stereocenters. The zero-order valence-electron chi connectivity index (χ0n) is 11.1. The van der Waals surface area contributed by atoms with Crippen LogP contribution in [0.25, 0.3) is 0 Å². The fourth-order valence-corrected chi connectivity index (χ4v) is 2.68. The second-order valence-corrected chi connectivity index (χ2v) is 5.75. The number of aldehydes is 1. The van der Waals surface area contributed by atoms with Crippen LogP contribution in [-0.4, -0.2) is 11.3 Å². The van der Waals surface area contributed by atoms with Gasteiger partial charge in [0.25, 0.3) is 0 Å². The summed E-state index contributed by atoms with van der Waals surface area (Å²) in [5.41, 5.74) is -0.0159. The molecule has 22 heavy (non-hydrogen) atoms. The summed E-state index contributed by atoms with van der Waals surface area (Å²) >= 11 is 6.79. The number of halogens is 4. The van der Waals surface area contributed by atoms with Gasteiger partial charge >= 0.3 is 0 Å². The number of nitrogens with one attached hydrogen (secondary N) is 1. The predicted octanol–water partition coefficient (Wildman–Crippen LogP) is 5.09. The number of thioether (sulfide) groups is 1. The third kappa shape index (κ3) is 4.53. The molecule has 2 nitrogen and oxygen atoms in total. The van der Waals surface area contributed by atoms with Crippen molar-refractivity contribution >= 4 is 47.1 Å². The summed E-state index contributed by atoms with van der Waals surface area (Å²) in [4.78, 5) is 11.9. The summed E-state index contributed by atoms with van der Waals surface area (Å²) in [7, 11) is 0. The zero-order valence-corrected chi connectivity index (χ0v) is 13.4. The van der Waals surface area contributed by atoms with E-state index in [4.69, 9.17) is 17.0 Å². The summed E-state index contributed by atoms with van der Waals surface area (Å²) in [5.74, 6) is -2.63. The average Bonchev–Trinajstić information content (AvgIpc) is 2.44. The van der Waals surface area contributed by atoms with Gasteiger partial charge in [0.15, 0.2) is 0 Å². The van der Waals surface area contributed by atoms with Crippen molar-refractivity contribution in [2.75, 3.05) is 0 Å². The predicted molar refractivity (Wildman–Crippen MR) is 87.4 cm³/mol. The highest BCUT2D eigenvalue weighted by molar-refractivity contribution is 8.14. The van der Waals surface area contributed by atoms with Gasteiger partial charge in [-0.05, 0) is 30.3 Å². The highest BCUT2D eigenvalue weighted by atomic mass is 35.5. The number of hydrogen-bond donors (Lipinski definition) is 1. The van der Waals surface area contributed by atoms with Gasteiger partial charge in [-0.2, -0.15) is 0 Å². The molecule has 1 N–H and O–H groups in total. The van der Waals surface area contributed by atoms with Crippen molar-refractivity contribution in [3.63, 3.8) is 0 Å². The molecule has 0 fully saturated rings. The molecule has 0 radical (unpaired) electrons. The number of benzene rings is 2. The van der Waals surface area contributed by atoms with Gasteiger partial charge in [0, 0.05) is 21.5 Å². The van der Waals surface area contributed by atoms with Gasteiger partial charge in [0.1, 0.15) is 17.9 Å². The van der Waals surface area contributed by atoms with Crippen LogP contribution in [0.1, 0.15) is 11.5 Å². The minimum Gasteiger partial charge on any atom is -0.302 e. The summed E-state index contributed by atoms with van der Waals surface area (Å²) in [6.07, 6.45) is 0.474. The fourth-order valence-electron chi connectivity index (χ4n) is 1.72.